The molecular formula is C12H15NO4S. The monoisotopic (exact) mass is 269 g/mol. The molecule has 18 heavy (non-hydrogen) atoms. The van der Waals surface area contributed by atoms with Gasteiger partial charge in [0.2, 0.25) is 10.0 Å². The van der Waals surface area contributed by atoms with Crippen molar-refractivity contribution in [1.29, 1.82) is 0 Å². The van der Waals surface area contributed by atoms with Crippen molar-refractivity contribution >= 4 is 16.0 Å². The average Bonchev–Trinajstić information content (AvgIpc) is 2.94. The Morgan fingerprint density at radius 2 is 2.00 bits per heavy atom. The lowest BCUT2D eigenvalue weighted by atomic mass is 10.1. The maximum Gasteiger partial charge on any atom is 0.335 e. The van der Waals surface area contributed by atoms with Gasteiger partial charge in [0, 0.05) is 5.54 Å². The summed E-state index contributed by atoms with van der Waals surface area (Å²) < 4.78 is 27.0. The number of hydrogen-bond acceptors (Lipinski definition) is 3. The molecule has 0 saturated heterocycles. The minimum atomic E-state index is -3.66. The molecule has 0 aliphatic heterocycles. The molecule has 2 N–H and O–H groups in total. The van der Waals surface area contributed by atoms with E-state index in [2.05, 4.69) is 4.72 Å². The fourth-order valence-electron chi connectivity index (χ4n) is 1.81. The highest BCUT2D eigenvalue weighted by Crippen LogP contribution is 2.36. The Morgan fingerprint density at radius 1 is 1.39 bits per heavy atom. The molecule has 1 aromatic carbocycles. The van der Waals surface area contributed by atoms with Gasteiger partial charge in [-0.05, 0) is 44.4 Å². The summed E-state index contributed by atoms with van der Waals surface area (Å²) in [7, 11) is -3.66. The highest BCUT2D eigenvalue weighted by molar-refractivity contribution is 7.89. The molecule has 6 heteroatoms. The van der Waals surface area contributed by atoms with Crippen LogP contribution in [0.2, 0.25) is 0 Å². The lowest BCUT2D eigenvalue weighted by molar-refractivity contribution is 0.0696. The van der Waals surface area contributed by atoms with Gasteiger partial charge in [-0.15, -0.1) is 0 Å². The lowest BCUT2D eigenvalue weighted by Gasteiger charge is -2.14. The van der Waals surface area contributed by atoms with E-state index in [9.17, 15) is 13.2 Å². The second-order valence-corrected chi connectivity index (χ2v) is 6.55. The number of carbonyl (C=O) groups is 1. The van der Waals surface area contributed by atoms with Crippen molar-refractivity contribution in [3.8, 4) is 0 Å². The molecule has 0 spiro atoms. The molecule has 1 aromatic rings. The Labute approximate surface area is 106 Å². The topological polar surface area (TPSA) is 83.5 Å². The van der Waals surface area contributed by atoms with Gasteiger partial charge in [-0.3, -0.25) is 0 Å². The van der Waals surface area contributed by atoms with Crippen molar-refractivity contribution in [1.82, 2.24) is 4.72 Å². The molecule has 1 aliphatic carbocycles. The van der Waals surface area contributed by atoms with Crippen molar-refractivity contribution in [3.05, 3.63) is 29.3 Å². The van der Waals surface area contributed by atoms with E-state index in [0.29, 0.717) is 0 Å². The van der Waals surface area contributed by atoms with Gasteiger partial charge in [0.25, 0.3) is 0 Å². The van der Waals surface area contributed by atoms with Crippen molar-refractivity contribution in [2.45, 2.75) is 37.1 Å². The third kappa shape index (κ3) is 2.39. The Kier molecular flexibility index (Phi) is 2.95. The molecule has 0 atom stereocenters. The second-order valence-electron chi connectivity index (χ2n) is 4.90. The summed E-state index contributed by atoms with van der Waals surface area (Å²) in [6, 6.07) is 4.27. The van der Waals surface area contributed by atoms with Crippen LogP contribution in [0.5, 0.6) is 0 Å². The van der Waals surface area contributed by atoms with Gasteiger partial charge in [0.15, 0.2) is 0 Å². The van der Waals surface area contributed by atoms with Crippen LogP contribution in [0.25, 0.3) is 0 Å². The molecule has 0 unspecified atom stereocenters. The average molecular weight is 269 g/mol. The van der Waals surface area contributed by atoms with Crippen LogP contribution in [0.4, 0.5) is 0 Å². The van der Waals surface area contributed by atoms with Crippen LogP contribution in [0.3, 0.4) is 0 Å². The molecule has 0 heterocycles. The number of sulfonamides is 1. The quantitative estimate of drug-likeness (QED) is 0.868. The van der Waals surface area contributed by atoms with Gasteiger partial charge in [-0.2, -0.15) is 0 Å². The van der Waals surface area contributed by atoms with E-state index in [4.69, 9.17) is 5.11 Å². The third-order valence-corrected chi connectivity index (χ3v) is 4.97. The van der Waals surface area contributed by atoms with E-state index in [1.165, 1.54) is 25.1 Å². The molecule has 0 radical (unpaired) electrons. The number of carboxylic acid groups (broad SMARTS) is 1. The van der Waals surface area contributed by atoms with Crippen LogP contribution in [-0.4, -0.2) is 25.0 Å². The van der Waals surface area contributed by atoms with Gasteiger partial charge < -0.3 is 5.11 Å². The number of hydrogen-bond donors (Lipinski definition) is 2. The van der Waals surface area contributed by atoms with E-state index >= 15 is 0 Å². The summed E-state index contributed by atoms with van der Waals surface area (Å²) in [5.41, 5.74) is -0.0922. The van der Waals surface area contributed by atoms with Gasteiger partial charge in [0.1, 0.15) is 0 Å². The van der Waals surface area contributed by atoms with E-state index < -0.39 is 16.0 Å². The van der Waals surface area contributed by atoms with Crippen LogP contribution >= 0.6 is 0 Å². The van der Waals surface area contributed by atoms with Gasteiger partial charge in [0.05, 0.1) is 10.5 Å². The summed E-state index contributed by atoms with van der Waals surface area (Å²) in [5, 5.41) is 8.99. The molecule has 2 rings (SSSR count). The van der Waals surface area contributed by atoms with E-state index in [1.807, 2.05) is 6.92 Å². The van der Waals surface area contributed by atoms with Crippen LogP contribution in [0.15, 0.2) is 23.1 Å². The summed E-state index contributed by atoms with van der Waals surface area (Å²) >= 11 is 0. The first-order valence-electron chi connectivity index (χ1n) is 5.62. The maximum absolute atomic E-state index is 12.2. The fourth-order valence-corrected chi connectivity index (χ4v) is 3.54. The van der Waals surface area contributed by atoms with Crippen molar-refractivity contribution in [2.24, 2.45) is 0 Å². The van der Waals surface area contributed by atoms with Gasteiger partial charge >= 0.3 is 5.97 Å². The molecule has 0 bridgehead atoms. The first-order valence-corrected chi connectivity index (χ1v) is 7.10. The fraction of sp³-hybridized carbons (Fsp3) is 0.417. The van der Waals surface area contributed by atoms with Crippen molar-refractivity contribution in [3.63, 3.8) is 0 Å². The Hall–Kier alpha value is -1.40. The molecule has 5 nitrogen and oxygen atoms in total. The molecular weight excluding hydrogens is 254 g/mol. The minimum Gasteiger partial charge on any atom is -0.478 e. The molecule has 1 fully saturated rings. The number of nitrogens with one attached hydrogen (secondary N) is 1. The smallest absolute Gasteiger partial charge is 0.335 e. The van der Waals surface area contributed by atoms with E-state index in [1.54, 1.807) is 0 Å². The lowest BCUT2D eigenvalue weighted by Crippen LogP contribution is -2.34. The van der Waals surface area contributed by atoms with Gasteiger partial charge in [-0.1, -0.05) is 6.07 Å². The normalized spacial score (nSPS) is 17.4. The predicted octanol–water partition coefficient (Wildman–Crippen LogP) is 1.52. The second kappa shape index (κ2) is 4.07. The molecule has 0 aromatic heterocycles. The van der Waals surface area contributed by atoms with E-state index in [0.717, 1.165) is 12.8 Å². The van der Waals surface area contributed by atoms with Crippen LogP contribution in [-0.2, 0) is 10.0 Å². The zero-order valence-corrected chi connectivity index (χ0v) is 11.0. The van der Waals surface area contributed by atoms with Crippen LogP contribution < -0.4 is 4.72 Å². The summed E-state index contributed by atoms with van der Waals surface area (Å²) in [5.74, 6) is -1.12. The maximum atomic E-state index is 12.2. The Morgan fingerprint density at radius 3 is 2.50 bits per heavy atom. The summed E-state index contributed by atoms with van der Waals surface area (Å²) in [4.78, 5) is 11.0. The highest BCUT2D eigenvalue weighted by atomic mass is 32.2. The third-order valence-electron chi connectivity index (χ3n) is 3.18. The number of aromatic carboxylic acids is 1. The first-order chi connectivity index (χ1) is 8.25. The minimum absolute atomic E-state index is 0.0128. The van der Waals surface area contributed by atoms with Gasteiger partial charge in [-0.25, -0.2) is 17.9 Å². The number of benzene rings is 1. The predicted molar refractivity (Wildman–Crippen MR) is 66.1 cm³/mol. The summed E-state index contributed by atoms with van der Waals surface area (Å²) in [6.07, 6.45) is 1.62. The Bertz CT molecular complexity index is 603. The Balaban J connectivity index is 2.44. The first kappa shape index (κ1) is 13.0. The number of carboxylic acids is 1. The zero-order valence-electron chi connectivity index (χ0n) is 10.2. The molecule has 0 amide bonds. The standard InChI is InChI=1S/C12H15NO4S/c1-8-9(11(14)15)4-3-5-10(8)18(16,17)13-12(2)6-7-12/h3-5,13H,6-7H2,1-2H3,(H,14,15). The zero-order chi connectivity index (χ0) is 13.6. The largest absolute Gasteiger partial charge is 0.478 e. The molecule has 1 saturated carbocycles. The summed E-state index contributed by atoms with van der Waals surface area (Å²) in [6.45, 7) is 3.34. The highest BCUT2D eigenvalue weighted by Gasteiger charge is 2.41. The number of rotatable bonds is 4. The van der Waals surface area contributed by atoms with Crippen LogP contribution in [0.1, 0.15) is 35.7 Å². The molecule has 98 valence electrons. The molecule has 1 aliphatic rings. The van der Waals surface area contributed by atoms with E-state index in [-0.39, 0.29) is 21.6 Å². The van der Waals surface area contributed by atoms with Crippen LogP contribution in [0, 0.1) is 6.92 Å². The van der Waals surface area contributed by atoms with Crippen molar-refractivity contribution in [2.75, 3.05) is 0 Å². The van der Waals surface area contributed by atoms with Crippen molar-refractivity contribution < 1.29 is 18.3 Å². The SMILES string of the molecule is Cc1c(C(=O)O)cccc1S(=O)(=O)NC1(C)CC1.